The maximum atomic E-state index is 5.32. The van der Waals surface area contributed by atoms with E-state index >= 15 is 0 Å². The number of rotatable bonds is 4. The van der Waals surface area contributed by atoms with Crippen LogP contribution < -0.4 is 4.74 Å². The van der Waals surface area contributed by atoms with Crippen molar-refractivity contribution < 1.29 is 9.31 Å². The summed E-state index contributed by atoms with van der Waals surface area (Å²) in [7, 11) is 1.64. The Labute approximate surface area is 132 Å². The second kappa shape index (κ2) is 6.49. The lowest BCUT2D eigenvalue weighted by Gasteiger charge is -2.14. The highest BCUT2D eigenvalue weighted by molar-refractivity contribution is 8.18. The third-order valence-corrected chi connectivity index (χ3v) is 5.49. The molecule has 3 rings (SSSR count). The monoisotopic (exact) mass is 318 g/mol. The highest BCUT2D eigenvalue weighted by Gasteiger charge is 2.25. The normalized spacial score (nSPS) is 23.8. The molecule has 0 radical (unpaired) electrons. The van der Waals surface area contributed by atoms with Crippen molar-refractivity contribution in [2.45, 2.75) is 22.1 Å². The zero-order chi connectivity index (χ0) is 14.7. The van der Waals surface area contributed by atoms with Gasteiger partial charge in [-0.25, -0.2) is 4.98 Å². The van der Waals surface area contributed by atoms with E-state index in [9.17, 15) is 0 Å². The lowest BCUT2D eigenvalue weighted by Crippen LogP contribution is -2.10. The molecule has 4 nitrogen and oxygen atoms in total. The zero-order valence-corrected chi connectivity index (χ0v) is 13.3. The van der Waals surface area contributed by atoms with Crippen molar-refractivity contribution in [3.63, 3.8) is 0 Å². The molecule has 0 aromatic carbocycles. The minimum absolute atomic E-state index is 0.208. The van der Waals surface area contributed by atoms with E-state index in [1.807, 2.05) is 34.4 Å². The van der Waals surface area contributed by atoms with Gasteiger partial charge >= 0.3 is 0 Å². The Balaban J connectivity index is 1.84. The molecular weight excluding hydrogens is 302 g/mol. The smallest absolute Gasteiger partial charge is 0.260 e. The molecule has 1 aromatic heterocycles. The average Bonchev–Trinajstić information content (AvgIpc) is 2.93. The van der Waals surface area contributed by atoms with Crippen molar-refractivity contribution in [1.82, 2.24) is 9.97 Å². The van der Waals surface area contributed by atoms with Gasteiger partial charge in [0.1, 0.15) is 17.6 Å². The fraction of sp³-hybridized carbons (Fsp3) is 0.267. The number of thioether (sulfide) groups is 2. The quantitative estimate of drug-likeness (QED) is 0.628. The van der Waals surface area contributed by atoms with E-state index < -0.39 is 0 Å². The number of hydrogen-bond acceptors (Lipinski definition) is 5. The van der Waals surface area contributed by atoms with E-state index in [0.717, 1.165) is 17.3 Å². The number of aromatic nitrogens is 2. The first kappa shape index (κ1) is 14.4. The second-order valence-corrected chi connectivity index (χ2v) is 7.01. The van der Waals surface area contributed by atoms with Crippen molar-refractivity contribution in [3.8, 4) is 5.88 Å². The van der Waals surface area contributed by atoms with Gasteiger partial charge in [-0.2, -0.15) is 9.56 Å². The van der Waals surface area contributed by atoms with Crippen molar-refractivity contribution >= 4 is 30.2 Å². The van der Waals surface area contributed by atoms with Gasteiger partial charge in [0.25, 0.3) is 4.71 Å². The van der Waals surface area contributed by atoms with Crippen LogP contribution in [0.1, 0.15) is 18.2 Å². The standard InChI is InChI=1S/C15H16N3OS2/c1-18-8-9-20-15(18)21-13-10-12(19-2)16-14(17-13)11-6-4-3-5-7-11/h3-6,8-11,15H,1,7H2,2H3/q+1. The molecule has 2 aliphatic rings. The summed E-state index contributed by atoms with van der Waals surface area (Å²) in [5.41, 5.74) is 0. The van der Waals surface area contributed by atoms with Gasteiger partial charge < -0.3 is 4.74 Å². The minimum Gasteiger partial charge on any atom is -0.481 e. The summed E-state index contributed by atoms with van der Waals surface area (Å²) < 4.78 is 7.45. The maximum absolute atomic E-state index is 5.32. The summed E-state index contributed by atoms with van der Waals surface area (Å²) in [6, 6.07) is 1.88. The molecule has 1 aliphatic carbocycles. The lowest BCUT2D eigenvalue weighted by atomic mass is 10.0. The van der Waals surface area contributed by atoms with Gasteiger partial charge in [0.05, 0.1) is 7.11 Å². The molecule has 2 atom stereocenters. The van der Waals surface area contributed by atoms with E-state index in [-0.39, 0.29) is 10.6 Å². The molecule has 0 saturated carbocycles. The van der Waals surface area contributed by atoms with Crippen LogP contribution in [0.25, 0.3) is 0 Å². The first-order valence-corrected chi connectivity index (χ1v) is 8.42. The Kier molecular flexibility index (Phi) is 4.45. The molecule has 21 heavy (non-hydrogen) atoms. The number of hydrogen-bond donors (Lipinski definition) is 0. The Morgan fingerprint density at radius 3 is 3.00 bits per heavy atom. The van der Waals surface area contributed by atoms with Crippen LogP contribution >= 0.6 is 23.5 Å². The maximum Gasteiger partial charge on any atom is 0.260 e. The lowest BCUT2D eigenvalue weighted by molar-refractivity contribution is -0.433. The van der Waals surface area contributed by atoms with Crippen LogP contribution in [-0.4, -0.2) is 33.1 Å². The molecule has 0 amide bonds. The number of ether oxygens (including phenoxy) is 1. The Bertz CT molecular complexity index is 640. The summed E-state index contributed by atoms with van der Waals surface area (Å²) in [5.74, 6) is 1.63. The average molecular weight is 318 g/mol. The zero-order valence-electron chi connectivity index (χ0n) is 11.7. The first-order valence-electron chi connectivity index (χ1n) is 6.60. The van der Waals surface area contributed by atoms with E-state index in [2.05, 4.69) is 23.9 Å². The fourth-order valence-electron chi connectivity index (χ4n) is 2.05. The van der Waals surface area contributed by atoms with Gasteiger partial charge in [0.2, 0.25) is 5.88 Å². The van der Waals surface area contributed by atoms with E-state index in [1.54, 1.807) is 30.6 Å². The van der Waals surface area contributed by atoms with Crippen molar-refractivity contribution in [2.24, 2.45) is 0 Å². The highest BCUT2D eigenvalue weighted by atomic mass is 32.2. The molecule has 6 heteroatoms. The molecule has 1 aliphatic heterocycles. The highest BCUT2D eigenvalue weighted by Crippen LogP contribution is 2.36. The molecule has 0 spiro atoms. The molecule has 0 fully saturated rings. The largest absolute Gasteiger partial charge is 0.481 e. The molecule has 0 saturated heterocycles. The number of methoxy groups -OCH3 is 1. The Morgan fingerprint density at radius 2 is 2.33 bits per heavy atom. The van der Waals surface area contributed by atoms with Crippen LogP contribution in [0.5, 0.6) is 5.88 Å². The first-order chi connectivity index (χ1) is 10.3. The van der Waals surface area contributed by atoms with Gasteiger partial charge in [0.15, 0.2) is 6.20 Å². The second-order valence-electron chi connectivity index (χ2n) is 4.62. The number of nitrogens with zero attached hydrogens (tertiary/aromatic N) is 3. The van der Waals surface area contributed by atoms with E-state index in [1.165, 1.54) is 0 Å². The predicted octanol–water partition coefficient (Wildman–Crippen LogP) is 3.39. The van der Waals surface area contributed by atoms with Crippen LogP contribution in [0.3, 0.4) is 0 Å². The van der Waals surface area contributed by atoms with Gasteiger partial charge in [-0.05, 0) is 29.9 Å². The van der Waals surface area contributed by atoms with Crippen LogP contribution in [0.2, 0.25) is 0 Å². The van der Waals surface area contributed by atoms with Gasteiger partial charge in [-0.3, -0.25) is 0 Å². The SMILES string of the molecule is C=[N+]1C=CSC1Sc1cc(OC)nc(C2C=CC=CC2)n1. The van der Waals surface area contributed by atoms with Crippen LogP contribution in [0.15, 0.2) is 47.0 Å². The third-order valence-electron chi connectivity index (χ3n) is 3.16. The molecular formula is C15H16N3OS2+. The van der Waals surface area contributed by atoms with Crippen molar-refractivity contribution in [1.29, 1.82) is 0 Å². The summed E-state index contributed by atoms with van der Waals surface area (Å²) in [6.07, 6.45) is 11.2. The minimum atomic E-state index is 0.208. The predicted molar refractivity (Wildman–Crippen MR) is 88.0 cm³/mol. The van der Waals surface area contributed by atoms with E-state index in [0.29, 0.717) is 5.88 Å². The topological polar surface area (TPSA) is 38.0 Å². The van der Waals surface area contributed by atoms with Crippen molar-refractivity contribution in [2.75, 3.05) is 7.11 Å². The third kappa shape index (κ3) is 3.39. The summed E-state index contributed by atoms with van der Waals surface area (Å²) in [4.78, 5) is 9.18. The van der Waals surface area contributed by atoms with Crippen LogP contribution in [0.4, 0.5) is 0 Å². The van der Waals surface area contributed by atoms with Crippen molar-refractivity contribution in [3.05, 3.63) is 47.8 Å². The molecule has 0 bridgehead atoms. The Morgan fingerprint density at radius 1 is 1.43 bits per heavy atom. The summed E-state index contributed by atoms with van der Waals surface area (Å²) >= 11 is 3.38. The Hall–Kier alpha value is -1.53. The van der Waals surface area contributed by atoms with Gasteiger partial charge in [-0.1, -0.05) is 24.3 Å². The van der Waals surface area contributed by atoms with Crippen LogP contribution in [-0.2, 0) is 0 Å². The molecule has 108 valence electrons. The molecule has 2 heterocycles. The van der Waals surface area contributed by atoms with Gasteiger partial charge in [-0.15, -0.1) is 0 Å². The molecule has 1 aromatic rings. The fourth-order valence-corrected chi connectivity index (χ4v) is 4.08. The van der Waals surface area contributed by atoms with Gasteiger partial charge in [0, 0.05) is 17.4 Å². The molecule has 2 unspecified atom stereocenters. The summed E-state index contributed by atoms with van der Waals surface area (Å²) in [5, 5.41) is 2.95. The van der Waals surface area contributed by atoms with E-state index in [4.69, 9.17) is 9.72 Å². The van der Waals surface area contributed by atoms with Crippen LogP contribution in [0, 0.1) is 0 Å². The number of allylic oxidation sites excluding steroid dienone is 4. The summed E-state index contributed by atoms with van der Waals surface area (Å²) in [6.45, 7) is 3.98. The molecule has 0 N–H and O–H groups in total.